The van der Waals surface area contributed by atoms with E-state index in [1.54, 1.807) is 16.7 Å². The largest absolute Gasteiger partial charge is 0.465 e. The molecule has 0 radical (unpaired) electrons. The van der Waals surface area contributed by atoms with Gasteiger partial charge in [-0.1, -0.05) is 57.9 Å². The zero-order chi connectivity index (χ0) is 27.7. The van der Waals surface area contributed by atoms with E-state index in [-0.39, 0.29) is 35.1 Å². The molecule has 2 fully saturated rings. The smallest absolute Gasteiger partial charge is 0.311 e. The number of ether oxygens (including phenoxy) is 1. The standard InChI is InChI=1S/C30H46N2O5S/c1-28(2,3)20-29(4,5)32-17-13-15-30-23(22-21(38-30)14-9-8-12-19-37-27(22)36)25(34)31(24(30)26(32)35)16-10-6-7-11-18-33/h9,13-15,21-24,33H,6-8,10-12,16-20H2,1-5H3/b14-9-/t21-,22+,23-,24?,30-/m0/s1. The molecule has 7 nitrogen and oxygen atoms in total. The van der Waals surface area contributed by atoms with Crippen molar-refractivity contribution < 1.29 is 24.2 Å². The van der Waals surface area contributed by atoms with Crippen LogP contribution in [0.25, 0.3) is 0 Å². The second-order valence-electron chi connectivity index (χ2n) is 13.2. The third-order valence-electron chi connectivity index (χ3n) is 8.35. The van der Waals surface area contributed by atoms with Gasteiger partial charge in [-0.15, -0.1) is 11.8 Å². The number of aliphatic hydroxyl groups is 1. The molecule has 0 aromatic heterocycles. The molecule has 0 aromatic carbocycles. The number of nitrogens with zero attached hydrogens (tertiary/aromatic N) is 2. The molecule has 4 aliphatic heterocycles. The quantitative estimate of drug-likeness (QED) is 0.277. The van der Waals surface area contributed by atoms with Gasteiger partial charge in [0.05, 0.1) is 23.2 Å². The van der Waals surface area contributed by atoms with Crippen molar-refractivity contribution in [3.8, 4) is 0 Å². The number of rotatable bonds is 8. The SMILES string of the molecule is CC(C)(C)CC(C)(C)N1CC=C[C@]23S[C@H]4/C=C\CCCOC(=O)[C@H]4[C@H]2C(=O)N(CCCCCCO)C3C1=O. The van der Waals surface area contributed by atoms with Crippen LogP contribution in [-0.4, -0.2) is 80.6 Å². The van der Waals surface area contributed by atoms with Crippen LogP contribution in [0, 0.1) is 17.3 Å². The average molecular weight is 547 g/mol. The highest BCUT2D eigenvalue weighted by Gasteiger charge is 2.71. The van der Waals surface area contributed by atoms with Crippen LogP contribution in [0.1, 0.15) is 79.6 Å². The van der Waals surface area contributed by atoms with Crippen molar-refractivity contribution in [2.45, 2.75) is 101 Å². The van der Waals surface area contributed by atoms with Crippen LogP contribution < -0.4 is 0 Å². The van der Waals surface area contributed by atoms with E-state index in [0.717, 1.165) is 44.9 Å². The van der Waals surface area contributed by atoms with Gasteiger partial charge < -0.3 is 19.6 Å². The molecule has 4 heterocycles. The molecule has 1 unspecified atom stereocenters. The Balaban J connectivity index is 1.74. The van der Waals surface area contributed by atoms with Crippen molar-refractivity contribution in [1.82, 2.24) is 9.80 Å². The van der Waals surface area contributed by atoms with Gasteiger partial charge >= 0.3 is 5.97 Å². The van der Waals surface area contributed by atoms with Crippen molar-refractivity contribution in [2.75, 3.05) is 26.3 Å². The summed E-state index contributed by atoms with van der Waals surface area (Å²) in [6.07, 6.45) is 14.0. The lowest BCUT2D eigenvalue weighted by atomic mass is 9.78. The normalized spacial score (nSPS) is 32.6. The number of carbonyl (C=O) groups is 3. The number of unbranched alkanes of at least 4 members (excludes halogenated alkanes) is 3. The number of carbonyl (C=O) groups excluding carboxylic acids is 3. The highest BCUT2D eigenvalue weighted by molar-refractivity contribution is 8.02. The number of hydrogen-bond acceptors (Lipinski definition) is 6. The van der Waals surface area contributed by atoms with Crippen LogP contribution in [0.3, 0.4) is 0 Å². The molecule has 38 heavy (non-hydrogen) atoms. The maximum absolute atomic E-state index is 14.6. The third kappa shape index (κ3) is 5.58. The Morgan fingerprint density at radius 1 is 1.05 bits per heavy atom. The lowest BCUT2D eigenvalue weighted by molar-refractivity contribution is -0.153. The highest BCUT2D eigenvalue weighted by atomic mass is 32.2. The third-order valence-corrected chi connectivity index (χ3v) is 10.1. The van der Waals surface area contributed by atoms with Gasteiger partial charge in [-0.2, -0.15) is 0 Å². The van der Waals surface area contributed by atoms with E-state index >= 15 is 0 Å². The topological polar surface area (TPSA) is 87.2 Å². The summed E-state index contributed by atoms with van der Waals surface area (Å²) >= 11 is 1.61. The minimum Gasteiger partial charge on any atom is -0.465 e. The monoisotopic (exact) mass is 546 g/mol. The van der Waals surface area contributed by atoms with E-state index in [9.17, 15) is 14.4 Å². The van der Waals surface area contributed by atoms with E-state index in [0.29, 0.717) is 19.7 Å². The molecule has 4 rings (SSSR count). The lowest BCUT2D eigenvalue weighted by Crippen LogP contribution is -2.58. The molecule has 0 aliphatic carbocycles. The Hall–Kier alpha value is -1.80. The summed E-state index contributed by atoms with van der Waals surface area (Å²) in [6, 6.07) is -0.655. The number of aliphatic hydroxyl groups excluding tert-OH is 1. The maximum atomic E-state index is 14.6. The van der Waals surface area contributed by atoms with Crippen molar-refractivity contribution in [3.63, 3.8) is 0 Å². The van der Waals surface area contributed by atoms with Crippen molar-refractivity contribution >= 4 is 29.5 Å². The van der Waals surface area contributed by atoms with Crippen molar-refractivity contribution in [1.29, 1.82) is 0 Å². The number of hydrogen-bond donors (Lipinski definition) is 1. The van der Waals surface area contributed by atoms with Gasteiger partial charge in [0.1, 0.15) is 6.04 Å². The van der Waals surface area contributed by atoms with Crippen molar-refractivity contribution in [3.05, 3.63) is 24.3 Å². The molecule has 5 atom stereocenters. The summed E-state index contributed by atoms with van der Waals surface area (Å²) in [4.78, 5) is 45.9. The first-order chi connectivity index (χ1) is 17.9. The first-order valence-electron chi connectivity index (χ1n) is 14.3. The molecule has 0 saturated carbocycles. The van der Waals surface area contributed by atoms with Crippen LogP contribution in [0.4, 0.5) is 0 Å². The van der Waals surface area contributed by atoms with Crippen LogP contribution >= 0.6 is 11.8 Å². The van der Waals surface area contributed by atoms with E-state index < -0.39 is 28.2 Å². The van der Waals surface area contributed by atoms with E-state index in [1.807, 2.05) is 4.90 Å². The molecule has 0 aromatic rings. The van der Waals surface area contributed by atoms with Gasteiger partial charge in [0.15, 0.2) is 0 Å². The molecule has 0 bridgehead atoms. The molecule has 4 aliphatic rings. The fourth-order valence-corrected chi connectivity index (χ4v) is 9.18. The minimum absolute atomic E-state index is 0.0215. The van der Waals surface area contributed by atoms with Gasteiger partial charge in [-0.05, 0) is 51.4 Å². The second-order valence-corrected chi connectivity index (χ2v) is 14.6. The van der Waals surface area contributed by atoms with Gasteiger partial charge in [-0.3, -0.25) is 14.4 Å². The minimum atomic E-state index is -0.802. The van der Waals surface area contributed by atoms with Gasteiger partial charge in [0, 0.05) is 30.5 Å². The van der Waals surface area contributed by atoms with E-state index in [1.165, 1.54) is 0 Å². The Labute approximate surface area is 232 Å². The van der Waals surface area contributed by atoms with Crippen LogP contribution in [0.15, 0.2) is 24.3 Å². The number of cyclic esters (lactones) is 1. The van der Waals surface area contributed by atoms with Gasteiger partial charge in [0.25, 0.3) is 0 Å². The molecular formula is C30H46N2O5S. The first kappa shape index (κ1) is 29.2. The fraction of sp³-hybridized carbons (Fsp3) is 0.767. The van der Waals surface area contributed by atoms with Gasteiger partial charge in [-0.25, -0.2) is 0 Å². The summed E-state index contributed by atoms with van der Waals surface area (Å²) in [5, 5.41) is 8.96. The Bertz CT molecular complexity index is 970. The average Bonchev–Trinajstić information content (AvgIpc) is 3.21. The molecule has 8 heteroatoms. The predicted octanol–water partition coefficient (Wildman–Crippen LogP) is 4.34. The molecule has 1 spiro atoms. The van der Waals surface area contributed by atoms with Crippen LogP contribution in [-0.2, 0) is 19.1 Å². The lowest BCUT2D eigenvalue weighted by Gasteiger charge is -2.44. The highest BCUT2D eigenvalue weighted by Crippen LogP contribution is 2.61. The molecule has 212 valence electrons. The zero-order valence-electron chi connectivity index (χ0n) is 23.8. The summed E-state index contributed by atoms with van der Waals surface area (Å²) in [5.41, 5.74) is -0.376. The van der Waals surface area contributed by atoms with Crippen molar-refractivity contribution in [2.24, 2.45) is 17.3 Å². The first-order valence-corrected chi connectivity index (χ1v) is 15.2. The number of fused-ring (bicyclic) bond motifs is 2. The Morgan fingerprint density at radius 3 is 2.50 bits per heavy atom. The number of esters is 1. The Morgan fingerprint density at radius 2 is 1.79 bits per heavy atom. The second kappa shape index (κ2) is 11.4. The number of likely N-dealkylation sites (tertiary alicyclic amines) is 1. The number of allylic oxidation sites excluding steroid dienone is 1. The van der Waals surface area contributed by atoms with Gasteiger partial charge in [0.2, 0.25) is 11.8 Å². The van der Waals surface area contributed by atoms with Crippen LogP contribution in [0.5, 0.6) is 0 Å². The van der Waals surface area contributed by atoms with E-state index in [2.05, 4.69) is 58.9 Å². The summed E-state index contributed by atoms with van der Waals surface area (Å²) in [7, 11) is 0. The van der Waals surface area contributed by atoms with E-state index in [4.69, 9.17) is 9.84 Å². The van der Waals surface area contributed by atoms with Crippen LogP contribution in [0.2, 0.25) is 0 Å². The molecule has 2 amide bonds. The zero-order valence-corrected chi connectivity index (χ0v) is 24.6. The fourth-order valence-electron chi connectivity index (χ4n) is 7.18. The number of amides is 2. The summed E-state index contributed by atoms with van der Waals surface area (Å²) in [6.45, 7) is 12.3. The molecular weight excluding hydrogens is 500 g/mol. The Kier molecular flexibility index (Phi) is 8.73. The summed E-state index contributed by atoms with van der Waals surface area (Å²) in [5.74, 6) is -1.67. The predicted molar refractivity (Wildman–Crippen MR) is 150 cm³/mol. The summed E-state index contributed by atoms with van der Waals surface area (Å²) < 4.78 is 4.85. The molecule has 1 N–H and O–H groups in total. The number of thioether (sulfide) groups is 1. The molecule has 2 saturated heterocycles. The maximum Gasteiger partial charge on any atom is 0.311 e.